The van der Waals surface area contributed by atoms with Gasteiger partial charge in [-0.2, -0.15) is 0 Å². The molecule has 1 aliphatic heterocycles. The standard InChI is InChI=1S/C15H20BrFN2O2/c1-2-21-15(20)14(19-8-3-6-18-7-9-19)12-5-4-11(16)10-13(12)17/h4-5,10,14,18H,2-3,6-9H2,1H3. The van der Waals surface area contributed by atoms with Crippen molar-refractivity contribution in [2.45, 2.75) is 19.4 Å². The summed E-state index contributed by atoms with van der Waals surface area (Å²) in [5, 5.41) is 3.28. The third-order valence-corrected chi connectivity index (χ3v) is 4.00. The molecule has 0 aliphatic carbocycles. The van der Waals surface area contributed by atoms with Crippen LogP contribution < -0.4 is 5.32 Å². The number of ether oxygens (including phenoxy) is 1. The van der Waals surface area contributed by atoms with Gasteiger partial charge in [0.25, 0.3) is 0 Å². The van der Waals surface area contributed by atoms with Crippen LogP contribution in [-0.2, 0) is 9.53 Å². The second-order valence-electron chi connectivity index (χ2n) is 4.96. The number of nitrogens with one attached hydrogen (secondary N) is 1. The molecule has 0 saturated carbocycles. The van der Waals surface area contributed by atoms with Crippen molar-refractivity contribution in [1.82, 2.24) is 10.2 Å². The van der Waals surface area contributed by atoms with E-state index >= 15 is 0 Å². The van der Waals surface area contributed by atoms with Gasteiger partial charge in [0.1, 0.15) is 11.9 Å². The maximum Gasteiger partial charge on any atom is 0.328 e. The zero-order chi connectivity index (χ0) is 15.2. The summed E-state index contributed by atoms with van der Waals surface area (Å²) in [6.07, 6.45) is 0.925. The summed E-state index contributed by atoms with van der Waals surface area (Å²) in [4.78, 5) is 14.3. The quantitative estimate of drug-likeness (QED) is 0.839. The summed E-state index contributed by atoms with van der Waals surface area (Å²) in [5.41, 5.74) is 0.374. The number of benzene rings is 1. The molecule has 1 N–H and O–H groups in total. The fourth-order valence-electron chi connectivity index (χ4n) is 2.54. The number of hydrogen-bond acceptors (Lipinski definition) is 4. The Bertz CT molecular complexity index is 491. The van der Waals surface area contributed by atoms with Crippen LogP contribution in [-0.4, -0.2) is 43.7 Å². The number of hydrogen-bond donors (Lipinski definition) is 1. The van der Waals surface area contributed by atoms with E-state index in [9.17, 15) is 9.18 Å². The summed E-state index contributed by atoms with van der Waals surface area (Å²) in [6.45, 7) is 5.18. The first-order valence-corrected chi connectivity index (χ1v) is 7.99. The average molecular weight is 359 g/mol. The fraction of sp³-hybridized carbons (Fsp3) is 0.533. The Morgan fingerprint density at radius 2 is 2.29 bits per heavy atom. The first kappa shape index (κ1) is 16.4. The predicted molar refractivity (Wildman–Crippen MR) is 82.5 cm³/mol. The molecule has 1 aliphatic rings. The lowest BCUT2D eigenvalue weighted by atomic mass is 10.0. The van der Waals surface area contributed by atoms with Crippen LogP contribution in [0, 0.1) is 5.82 Å². The number of rotatable bonds is 4. The van der Waals surface area contributed by atoms with Crippen LogP contribution in [0.4, 0.5) is 4.39 Å². The van der Waals surface area contributed by atoms with E-state index in [-0.39, 0.29) is 11.8 Å². The van der Waals surface area contributed by atoms with Gasteiger partial charge in [0.2, 0.25) is 0 Å². The van der Waals surface area contributed by atoms with Crippen molar-refractivity contribution in [3.8, 4) is 0 Å². The minimum absolute atomic E-state index is 0.291. The van der Waals surface area contributed by atoms with E-state index in [2.05, 4.69) is 21.2 Å². The van der Waals surface area contributed by atoms with Crippen molar-refractivity contribution in [2.75, 3.05) is 32.8 Å². The van der Waals surface area contributed by atoms with Crippen molar-refractivity contribution in [3.63, 3.8) is 0 Å². The molecule has 1 heterocycles. The molecular weight excluding hydrogens is 339 g/mol. The van der Waals surface area contributed by atoms with Crippen LogP contribution in [0.25, 0.3) is 0 Å². The zero-order valence-corrected chi connectivity index (χ0v) is 13.7. The van der Waals surface area contributed by atoms with E-state index in [0.717, 1.165) is 26.1 Å². The molecule has 116 valence electrons. The highest BCUT2D eigenvalue weighted by Crippen LogP contribution is 2.27. The van der Waals surface area contributed by atoms with Crippen molar-refractivity contribution in [2.24, 2.45) is 0 Å². The minimum Gasteiger partial charge on any atom is -0.465 e. The Labute approximate surface area is 132 Å². The van der Waals surface area contributed by atoms with E-state index in [1.54, 1.807) is 19.1 Å². The molecule has 0 spiro atoms. The van der Waals surface area contributed by atoms with Crippen molar-refractivity contribution >= 4 is 21.9 Å². The summed E-state index contributed by atoms with van der Waals surface area (Å²) in [5.74, 6) is -0.778. The maximum absolute atomic E-state index is 14.3. The molecule has 4 nitrogen and oxygen atoms in total. The van der Waals surface area contributed by atoms with Gasteiger partial charge in [-0.3, -0.25) is 4.90 Å². The molecule has 1 fully saturated rings. The minimum atomic E-state index is -0.682. The number of esters is 1. The smallest absolute Gasteiger partial charge is 0.328 e. The SMILES string of the molecule is CCOC(=O)C(c1ccc(Br)cc1F)N1CCCNCC1. The molecule has 6 heteroatoms. The van der Waals surface area contributed by atoms with Crippen LogP contribution >= 0.6 is 15.9 Å². The molecule has 1 aromatic carbocycles. The molecule has 1 aromatic rings. The highest BCUT2D eigenvalue weighted by atomic mass is 79.9. The zero-order valence-electron chi connectivity index (χ0n) is 12.1. The molecule has 1 atom stereocenters. The van der Waals surface area contributed by atoms with E-state index in [4.69, 9.17) is 4.74 Å². The van der Waals surface area contributed by atoms with Gasteiger partial charge in [-0.1, -0.05) is 22.0 Å². The van der Waals surface area contributed by atoms with Crippen LogP contribution in [0.15, 0.2) is 22.7 Å². The summed E-state index contributed by atoms with van der Waals surface area (Å²) >= 11 is 3.24. The number of halogens is 2. The average Bonchev–Trinajstić information content (AvgIpc) is 2.71. The van der Waals surface area contributed by atoms with E-state index < -0.39 is 6.04 Å². The highest BCUT2D eigenvalue weighted by Gasteiger charge is 2.31. The Balaban J connectivity index is 2.32. The molecule has 1 saturated heterocycles. The Morgan fingerprint density at radius 3 is 3.00 bits per heavy atom. The largest absolute Gasteiger partial charge is 0.465 e. The molecule has 2 rings (SSSR count). The van der Waals surface area contributed by atoms with Gasteiger partial charge in [0.05, 0.1) is 6.61 Å². The van der Waals surface area contributed by atoms with Gasteiger partial charge >= 0.3 is 5.97 Å². The first-order chi connectivity index (χ1) is 10.1. The molecule has 0 radical (unpaired) electrons. The van der Waals surface area contributed by atoms with Crippen LogP contribution in [0.5, 0.6) is 0 Å². The molecule has 0 aromatic heterocycles. The van der Waals surface area contributed by atoms with Crippen LogP contribution in [0.1, 0.15) is 24.9 Å². The number of carbonyl (C=O) groups excluding carboxylic acids is 1. The lowest BCUT2D eigenvalue weighted by Crippen LogP contribution is -2.38. The number of carbonyl (C=O) groups is 1. The lowest BCUT2D eigenvalue weighted by molar-refractivity contribution is -0.150. The maximum atomic E-state index is 14.3. The molecule has 21 heavy (non-hydrogen) atoms. The van der Waals surface area contributed by atoms with E-state index in [1.807, 2.05) is 4.90 Å². The summed E-state index contributed by atoms with van der Waals surface area (Å²) in [7, 11) is 0. The van der Waals surface area contributed by atoms with Crippen LogP contribution in [0.2, 0.25) is 0 Å². The van der Waals surface area contributed by atoms with Crippen LogP contribution in [0.3, 0.4) is 0 Å². The van der Waals surface area contributed by atoms with Gasteiger partial charge in [0.15, 0.2) is 0 Å². The van der Waals surface area contributed by atoms with Gasteiger partial charge in [-0.15, -0.1) is 0 Å². The van der Waals surface area contributed by atoms with Crippen molar-refractivity contribution < 1.29 is 13.9 Å². The van der Waals surface area contributed by atoms with Gasteiger partial charge < -0.3 is 10.1 Å². The topological polar surface area (TPSA) is 41.6 Å². The van der Waals surface area contributed by atoms with Gasteiger partial charge in [-0.05, 0) is 32.0 Å². The Hall–Kier alpha value is -0.980. The second kappa shape index (κ2) is 7.87. The lowest BCUT2D eigenvalue weighted by Gasteiger charge is -2.29. The highest BCUT2D eigenvalue weighted by molar-refractivity contribution is 9.10. The number of nitrogens with zero attached hydrogens (tertiary/aromatic N) is 1. The third kappa shape index (κ3) is 4.25. The monoisotopic (exact) mass is 358 g/mol. The van der Waals surface area contributed by atoms with Crippen molar-refractivity contribution in [1.29, 1.82) is 0 Å². The predicted octanol–water partition coefficient (Wildman–Crippen LogP) is 2.49. The summed E-state index contributed by atoms with van der Waals surface area (Å²) in [6, 6.07) is 4.11. The normalized spacial score (nSPS) is 18.0. The Morgan fingerprint density at radius 1 is 1.48 bits per heavy atom. The fourth-order valence-corrected chi connectivity index (χ4v) is 2.88. The first-order valence-electron chi connectivity index (χ1n) is 7.20. The van der Waals surface area contributed by atoms with Gasteiger partial charge in [-0.25, -0.2) is 9.18 Å². The second-order valence-corrected chi connectivity index (χ2v) is 5.88. The molecule has 0 amide bonds. The van der Waals surface area contributed by atoms with Gasteiger partial charge in [0, 0.05) is 29.7 Å². The van der Waals surface area contributed by atoms with E-state index in [0.29, 0.717) is 23.2 Å². The molecular formula is C15H20BrFN2O2. The third-order valence-electron chi connectivity index (χ3n) is 3.51. The Kier molecular flexibility index (Phi) is 6.14. The molecule has 1 unspecified atom stereocenters. The van der Waals surface area contributed by atoms with Crippen molar-refractivity contribution in [3.05, 3.63) is 34.1 Å². The van der Waals surface area contributed by atoms with E-state index in [1.165, 1.54) is 6.07 Å². The summed E-state index contributed by atoms with van der Waals surface area (Å²) < 4.78 is 20.1. The molecule has 0 bridgehead atoms.